The Morgan fingerprint density at radius 3 is 2.51 bits per heavy atom. The minimum atomic E-state index is -4.60. The van der Waals surface area contributed by atoms with Crippen molar-refractivity contribution < 1.29 is 32.2 Å². The molecule has 0 spiro atoms. The Labute approximate surface area is 257 Å². The lowest BCUT2D eigenvalue weighted by Crippen LogP contribution is -2.42. The summed E-state index contributed by atoms with van der Waals surface area (Å²) in [5.74, 6) is 0.149. The van der Waals surface area contributed by atoms with Crippen LogP contribution in [0.5, 0.6) is 5.88 Å². The molecule has 1 unspecified atom stereocenters. The van der Waals surface area contributed by atoms with Gasteiger partial charge in [0.2, 0.25) is 5.88 Å². The van der Waals surface area contributed by atoms with E-state index in [0.717, 1.165) is 18.0 Å². The molecule has 1 fully saturated rings. The molecule has 5 rings (SSSR count). The van der Waals surface area contributed by atoms with E-state index in [-0.39, 0.29) is 35.9 Å². The molecule has 45 heavy (non-hydrogen) atoms. The van der Waals surface area contributed by atoms with Crippen LogP contribution in [0.2, 0.25) is 0 Å². The molecule has 0 bridgehead atoms. The zero-order valence-corrected chi connectivity index (χ0v) is 25.5. The highest BCUT2D eigenvalue weighted by molar-refractivity contribution is 5.69. The largest absolute Gasteiger partial charge is 0.468 e. The van der Waals surface area contributed by atoms with Gasteiger partial charge in [-0.1, -0.05) is 5.21 Å². The molecule has 0 radical (unpaired) electrons. The Morgan fingerprint density at radius 1 is 1.13 bits per heavy atom. The third kappa shape index (κ3) is 6.85. The maximum atomic E-state index is 13.4. The van der Waals surface area contributed by atoms with Crippen molar-refractivity contribution in [1.82, 2.24) is 34.3 Å². The lowest BCUT2D eigenvalue weighted by atomic mass is 10.0. The van der Waals surface area contributed by atoms with E-state index in [0.29, 0.717) is 42.8 Å². The van der Waals surface area contributed by atoms with Gasteiger partial charge in [0, 0.05) is 49.8 Å². The number of carbonyl (C=O) groups is 1. The number of carbonyl (C=O) groups excluding carboxylic acids is 1. The van der Waals surface area contributed by atoms with Gasteiger partial charge in [0.05, 0.1) is 30.1 Å². The van der Waals surface area contributed by atoms with Crippen molar-refractivity contribution in [2.45, 2.75) is 64.5 Å². The standard InChI is InChI=1S/C30H33F3N8O4/c1-18-27(37-38-41(18)22-6-8-39(9-7-22)28(42)45-29(2,3)4)19-11-25-36-16-23(13-34)40(25)26(12-19)44-24(17-43-5)20-10-21(15-35-14-20)30(31,32)33/h10-12,14-16,22,24H,6-9,17H2,1-5H3. The van der Waals surface area contributed by atoms with E-state index in [1.807, 2.05) is 32.4 Å². The normalized spacial score (nSPS) is 15.2. The molecule has 0 aromatic carbocycles. The van der Waals surface area contributed by atoms with E-state index in [1.54, 1.807) is 17.0 Å². The summed E-state index contributed by atoms with van der Waals surface area (Å²) in [7, 11) is 1.40. The van der Waals surface area contributed by atoms with Gasteiger partial charge in [0.15, 0.2) is 6.10 Å². The quantitative estimate of drug-likeness (QED) is 0.260. The molecule has 4 aromatic heterocycles. The number of imidazole rings is 1. The molecule has 1 amide bonds. The fourth-order valence-corrected chi connectivity index (χ4v) is 5.24. The minimum absolute atomic E-state index is 0.000461. The highest BCUT2D eigenvalue weighted by Crippen LogP contribution is 2.35. The van der Waals surface area contributed by atoms with Gasteiger partial charge in [-0.15, -0.1) is 5.10 Å². The highest BCUT2D eigenvalue weighted by Gasteiger charge is 2.33. The third-order valence-electron chi connectivity index (χ3n) is 7.39. The fraction of sp³-hybridized carbons (Fsp3) is 0.467. The average Bonchev–Trinajstić information content (AvgIpc) is 3.59. The summed E-state index contributed by atoms with van der Waals surface area (Å²) in [6.07, 6.45) is -1.22. The number of piperidine rings is 1. The Hall–Kier alpha value is -4.71. The predicted octanol–water partition coefficient (Wildman–Crippen LogP) is 5.53. The lowest BCUT2D eigenvalue weighted by Gasteiger charge is -2.33. The first-order valence-electron chi connectivity index (χ1n) is 14.3. The van der Waals surface area contributed by atoms with E-state index in [9.17, 15) is 23.2 Å². The molecule has 1 saturated heterocycles. The summed E-state index contributed by atoms with van der Waals surface area (Å²) in [6.45, 7) is 8.30. The van der Waals surface area contributed by atoms with Crippen molar-refractivity contribution in [3.63, 3.8) is 0 Å². The zero-order valence-electron chi connectivity index (χ0n) is 25.5. The number of hydrogen-bond acceptors (Lipinski definition) is 9. The van der Waals surface area contributed by atoms with Crippen molar-refractivity contribution in [3.8, 4) is 23.2 Å². The maximum Gasteiger partial charge on any atom is 0.417 e. The Bertz CT molecular complexity index is 1730. The fourth-order valence-electron chi connectivity index (χ4n) is 5.24. The lowest BCUT2D eigenvalue weighted by molar-refractivity contribution is -0.138. The SMILES string of the molecule is COCC(Oc1cc(-c2nnn(C3CCN(C(=O)OC(C)(C)C)CC3)c2C)cc2ncc(C#N)n12)c1cncc(C(F)(F)F)c1. The molecule has 12 nitrogen and oxygen atoms in total. The molecule has 238 valence electrons. The highest BCUT2D eigenvalue weighted by atomic mass is 19.4. The van der Waals surface area contributed by atoms with Gasteiger partial charge in [-0.05, 0) is 52.7 Å². The second kappa shape index (κ2) is 12.4. The number of pyridine rings is 2. The summed E-state index contributed by atoms with van der Waals surface area (Å²) in [5, 5.41) is 18.6. The summed E-state index contributed by atoms with van der Waals surface area (Å²) < 4.78 is 60.7. The Balaban J connectivity index is 1.45. The molecule has 1 aliphatic rings. The van der Waals surface area contributed by atoms with Gasteiger partial charge in [0.1, 0.15) is 28.7 Å². The van der Waals surface area contributed by atoms with Crippen LogP contribution in [-0.4, -0.2) is 72.8 Å². The van der Waals surface area contributed by atoms with Crippen LogP contribution in [0.25, 0.3) is 16.9 Å². The van der Waals surface area contributed by atoms with Crippen LogP contribution in [0.1, 0.15) is 68.3 Å². The average molecular weight is 627 g/mol. The van der Waals surface area contributed by atoms with Gasteiger partial charge in [-0.2, -0.15) is 18.4 Å². The number of amides is 1. The predicted molar refractivity (Wildman–Crippen MR) is 154 cm³/mol. The van der Waals surface area contributed by atoms with Gasteiger partial charge in [-0.3, -0.25) is 9.38 Å². The summed E-state index contributed by atoms with van der Waals surface area (Å²) >= 11 is 0. The number of ether oxygens (including phenoxy) is 3. The van der Waals surface area contributed by atoms with Gasteiger partial charge in [0.25, 0.3) is 0 Å². The summed E-state index contributed by atoms with van der Waals surface area (Å²) in [5.41, 5.74) is 1.08. The molecule has 0 saturated carbocycles. The van der Waals surface area contributed by atoms with Gasteiger partial charge < -0.3 is 19.1 Å². The molecule has 5 heterocycles. The number of fused-ring (bicyclic) bond motifs is 1. The number of rotatable bonds is 7. The molecule has 15 heteroatoms. The molecular weight excluding hydrogens is 593 g/mol. The van der Waals surface area contributed by atoms with Crippen LogP contribution in [0.4, 0.5) is 18.0 Å². The van der Waals surface area contributed by atoms with Gasteiger partial charge in [-0.25, -0.2) is 14.5 Å². The Kier molecular flexibility index (Phi) is 8.70. The number of methoxy groups -OCH3 is 1. The van der Waals surface area contributed by atoms with Crippen LogP contribution < -0.4 is 4.74 Å². The van der Waals surface area contributed by atoms with E-state index >= 15 is 0 Å². The molecule has 1 atom stereocenters. The van der Waals surface area contributed by atoms with Crippen LogP contribution in [-0.2, 0) is 15.7 Å². The number of likely N-dealkylation sites (tertiary alicyclic amines) is 1. The first kappa shape index (κ1) is 31.7. The van der Waals surface area contributed by atoms with E-state index in [2.05, 4.69) is 26.3 Å². The summed E-state index contributed by atoms with van der Waals surface area (Å²) in [4.78, 5) is 22.3. The molecule has 0 aliphatic carbocycles. The monoisotopic (exact) mass is 626 g/mol. The smallest absolute Gasteiger partial charge is 0.417 e. The number of alkyl halides is 3. The molecule has 1 aliphatic heterocycles. The van der Waals surface area contributed by atoms with E-state index < -0.39 is 23.4 Å². The number of nitrogens with zero attached hydrogens (tertiary/aromatic N) is 8. The van der Waals surface area contributed by atoms with E-state index in [4.69, 9.17) is 14.2 Å². The van der Waals surface area contributed by atoms with Crippen LogP contribution >= 0.6 is 0 Å². The second-order valence-corrected chi connectivity index (χ2v) is 11.8. The number of aromatic nitrogens is 6. The van der Waals surface area contributed by atoms with Crippen molar-refractivity contribution in [2.24, 2.45) is 0 Å². The Morgan fingerprint density at radius 2 is 1.87 bits per heavy atom. The van der Waals surface area contributed by atoms with Gasteiger partial charge >= 0.3 is 12.3 Å². The van der Waals surface area contributed by atoms with Crippen molar-refractivity contribution >= 4 is 11.7 Å². The topological polar surface area (TPSA) is 133 Å². The second-order valence-electron chi connectivity index (χ2n) is 11.8. The number of halogens is 3. The minimum Gasteiger partial charge on any atom is -0.468 e. The van der Waals surface area contributed by atoms with Crippen LogP contribution in [0.15, 0.2) is 36.8 Å². The van der Waals surface area contributed by atoms with E-state index in [1.165, 1.54) is 23.9 Å². The van der Waals surface area contributed by atoms with Crippen molar-refractivity contribution in [3.05, 3.63) is 59.3 Å². The third-order valence-corrected chi connectivity index (χ3v) is 7.39. The molecule has 0 N–H and O–H groups in total. The van der Waals surface area contributed by atoms with Crippen molar-refractivity contribution in [2.75, 3.05) is 26.8 Å². The number of nitriles is 1. The molecular formula is C30H33F3N8O4. The number of hydrogen-bond donors (Lipinski definition) is 0. The van der Waals surface area contributed by atoms with Crippen molar-refractivity contribution in [1.29, 1.82) is 5.26 Å². The zero-order chi connectivity index (χ0) is 32.5. The first-order valence-corrected chi connectivity index (χ1v) is 14.3. The maximum absolute atomic E-state index is 13.4. The molecule has 4 aromatic rings. The van der Waals surface area contributed by atoms with Crippen LogP contribution in [0.3, 0.4) is 0 Å². The summed E-state index contributed by atoms with van der Waals surface area (Å²) in [6, 6.07) is 6.40. The first-order chi connectivity index (χ1) is 21.3. The van der Waals surface area contributed by atoms with Crippen LogP contribution in [0, 0.1) is 18.3 Å².